The highest BCUT2D eigenvalue weighted by molar-refractivity contribution is 5.83. The summed E-state index contributed by atoms with van der Waals surface area (Å²) in [6.45, 7) is 3.67. The standard InChI is InChI=1S/C12H17NO2/c1-8(9(2)13)12(15)7-10-3-5-11(14)6-4-10/h3-6,8-9,14H,7,13H2,1-2H3. The summed E-state index contributed by atoms with van der Waals surface area (Å²) < 4.78 is 0. The molecule has 3 nitrogen and oxygen atoms in total. The van der Waals surface area contributed by atoms with Gasteiger partial charge in [-0.1, -0.05) is 19.1 Å². The fraction of sp³-hybridized carbons (Fsp3) is 0.417. The Balaban J connectivity index is 2.62. The molecule has 2 unspecified atom stereocenters. The fourth-order valence-corrected chi connectivity index (χ4v) is 1.27. The van der Waals surface area contributed by atoms with Crippen LogP contribution in [0.1, 0.15) is 19.4 Å². The second kappa shape index (κ2) is 4.94. The van der Waals surface area contributed by atoms with Gasteiger partial charge in [0.05, 0.1) is 0 Å². The van der Waals surface area contributed by atoms with Gasteiger partial charge in [0.2, 0.25) is 0 Å². The minimum absolute atomic E-state index is 0.116. The van der Waals surface area contributed by atoms with Gasteiger partial charge in [-0.2, -0.15) is 0 Å². The zero-order valence-corrected chi connectivity index (χ0v) is 9.10. The SMILES string of the molecule is CC(N)C(C)C(=O)Cc1ccc(O)cc1. The van der Waals surface area contributed by atoms with Crippen molar-refractivity contribution in [2.24, 2.45) is 11.7 Å². The van der Waals surface area contributed by atoms with Gasteiger partial charge >= 0.3 is 0 Å². The first-order chi connectivity index (χ1) is 7.00. The van der Waals surface area contributed by atoms with Crippen LogP contribution in [-0.2, 0) is 11.2 Å². The number of phenols is 1. The molecule has 0 aliphatic carbocycles. The van der Waals surface area contributed by atoms with E-state index in [1.807, 2.05) is 13.8 Å². The molecular formula is C12H17NO2. The minimum Gasteiger partial charge on any atom is -0.508 e. The maximum Gasteiger partial charge on any atom is 0.141 e. The Bertz CT molecular complexity index is 330. The normalized spacial score (nSPS) is 14.6. The van der Waals surface area contributed by atoms with Gasteiger partial charge in [-0.3, -0.25) is 4.79 Å². The summed E-state index contributed by atoms with van der Waals surface area (Å²) in [6, 6.07) is 6.55. The largest absolute Gasteiger partial charge is 0.508 e. The molecule has 0 aromatic heterocycles. The molecule has 15 heavy (non-hydrogen) atoms. The van der Waals surface area contributed by atoms with Crippen molar-refractivity contribution in [3.63, 3.8) is 0 Å². The number of aromatic hydroxyl groups is 1. The first-order valence-corrected chi connectivity index (χ1v) is 5.07. The topological polar surface area (TPSA) is 63.3 Å². The van der Waals surface area contributed by atoms with Gasteiger partial charge in [-0.05, 0) is 24.6 Å². The number of benzene rings is 1. The van der Waals surface area contributed by atoms with Gasteiger partial charge in [0.1, 0.15) is 11.5 Å². The Labute approximate surface area is 89.9 Å². The molecule has 82 valence electrons. The van der Waals surface area contributed by atoms with Gasteiger partial charge in [-0.25, -0.2) is 0 Å². The molecule has 1 rings (SSSR count). The van der Waals surface area contributed by atoms with Gasteiger partial charge < -0.3 is 10.8 Å². The summed E-state index contributed by atoms with van der Waals surface area (Å²) in [5.41, 5.74) is 6.56. The van der Waals surface area contributed by atoms with Crippen molar-refractivity contribution >= 4 is 5.78 Å². The lowest BCUT2D eigenvalue weighted by atomic mass is 9.94. The van der Waals surface area contributed by atoms with Crippen LogP contribution in [0.5, 0.6) is 5.75 Å². The van der Waals surface area contributed by atoms with Crippen molar-refractivity contribution in [2.45, 2.75) is 26.3 Å². The van der Waals surface area contributed by atoms with Crippen LogP contribution < -0.4 is 5.73 Å². The highest BCUT2D eigenvalue weighted by Gasteiger charge is 2.16. The van der Waals surface area contributed by atoms with Crippen LogP contribution in [0.4, 0.5) is 0 Å². The van der Waals surface area contributed by atoms with Crippen molar-refractivity contribution < 1.29 is 9.90 Å². The van der Waals surface area contributed by atoms with Gasteiger partial charge in [0.25, 0.3) is 0 Å². The zero-order valence-electron chi connectivity index (χ0n) is 9.10. The van der Waals surface area contributed by atoms with E-state index < -0.39 is 0 Å². The van der Waals surface area contributed by atoms with Crippen molar-refractivity contribution in [3.05, 3.63) is 29.8 Å². The highest BCUT2D eigenvalue weighted by Crippen LogP contribution is 2.12. The molecule has 0 saturated carbocycles. The predicted molar refractivity (Wildman–Crippen MR) is 59.6 cm³/mol. The summed E-state index contributed by atoms with van der Waals surface area (Å²) in [4.78, 5) is 11.7. The monoisotopic (exact) mass is 207 g/mol. The first-order valence-electron chi connectivity index (χ1n) is 5.07. The van der Waals surface area contributed by atoms with E-state index in [0.717, 1.165) is 5.56 Å². The van der Waals surface area contributed by atoms with E-state index in [2.05, 4.69) is 0 Å². The predicted octanol–water partition coefficient (Wildman–Crippen LogP) is 1.49. The average molecular weight is 207 g/mol. The molecule has 0 fully saturated rings. The van der Waals surface area contributed by atoms with Crippen molar-refractivity contribution in [2.75, 3.05) is 0 Å². The van der Waals surface area contributed by atoms with Crippen molar-refractivity contribution in [1.29, 1.82) is 0 Å². The van der Waals surface area contributed by atoms with E-state index in [1.54, 1.807) is 24.3 Å². The summed E-state index contributed by atoms with van der Waals surface area (Å²) >= 11 is 0. The molecule has 0 heterocycles. The van der Waals surface area contributed by atoms with E-state index >= 15 is 0 Å². The lowest BCUT2D eigenvalue weighted by molar-refractivity contribution is -0.122. The molecule has 0 aliphatic heterocycles. The molecule has 0 bridgehead atoms. The number of Topliss-reactive ketones (excluding diaryl/α,β-unsaturated/α-hetero) is 1. The van der Waals surface area contributed by atoms with Crippen LogP contribution in [0.15, 0.2) is 24.3 Å². The molecule has 0 radical (unpaired) electrons. The van der Waals surface area contributed by atoms with E-state index in [4.69, 9.17) is 10.8 Å². The number of phenolic OH excluding ortho intramolecular Hbond substituents is 1. The molecule has 0 saturated heterocycles. The van der Waals surface area contributed by atoms with Crippen LogP contribution in [0.2, 0.25) is 0 Å². The Hall–Kier alpha value is -1.35. The summed E-state index contributed by atoms with van der Waals surface area (Å²) in [6.07, 6.45) is 0.378. The maximum atomic E-state index is 11.7. The number of hydrogen-bond acceptors (Lipinski definition) is 3. The lowest BCUT2D eigenvalue weighted by Crippen LogP contribution is -2.31. The van der Waals surface area contributed by atoms with Crippen LogP contribution in [0.25, 0.3) is 0 Å². The molecule has 3 heteroatoms. The number of rotatable bonds is 4. The fourth-order valence-electron chi connectivity index (χ4n) is 1.27. The molecule has 3 N–H and O–H groups in total. The molecule has 1 aromatic carbocycles. The summed E-state index contributed by atoms with van der Waals surface area (Å²) in [7, 11) is 0. The van der Waals surface area contributed by atoms with Gasteiger partial charge in [0.15, 0.2) is 0 Å². The zero-order chi connectivity index (χ0) is 11.4. The average Bonchev–Trinajstić information content (AvgIpc) is 2.20. The Morgan fingerprint density at radius 2 is 1.87 bits per heavy atom. The minimum atomic E-state index is -0.126. The lowest BCUT2D eigenvalue weighted by Gasteiger charge is -2.13. The first kappa shape index (κ1) is 11.7. The van der Waals surface area contributed by atoms with Crippen LogP contribution >= 0.6 is 0 Å². The smallest absolute Gasteiger partial charge is 0.141 e. The second-order valence-corrected chi connectivity index (χ2v) is 3.96. The highest BCUT2D eigenvalue weighted by atomic mass is 16.3. The molecule has 2 atom stereocenters. The Kier molecular flexibility index (Phi) is 3.86. The van der Waals surface area contributed by atoms with Gasteiger partial charge in [0, 0.05) is 18.4 Å². The van der Waals surface area contributed by atoms with Crippen molar-refractivity contribution in [3.8, 4) is 5.75 Å². The molecular weight excluding hydrogens is 190 g/mol. The Morgan fingerprint density at radius 1 is 1.33 bits per heavy atom. The number of carbonyl (C=O) groups is 1. The Morgan fingerprint density at radius 3 is 2.33 bits per heavy atom. The van der Waals surface area contributed by atoms with E-state index in [1.165, 1.54) is 0 Å². The maximum absolute atomic E-state index is 11.7. The quantitative estimate of drug-likeness (QED) is 0.786. The number of hydrogen-bond donors (Lipinski definition) is 2. The summed E-state index contributed by atoms with van der Waals surface area (Å²) in [5.74, 6) is 0.223. The van der Waals surface area contributed by atoms with E-state index in [-0.39, 0.29) is 23.5 Å². The summed E-state index contributed by atoms with van der Waals surface area (Å²) in [5, 5.41) is 9.08. The molecule has 0 aliphatic rings. The van der Waals surface area contributed by atoms with Gasteiger partial charge in [-0.15, -0.1) is 0 Å². The van der Waals surface area contributed by atoms with Crippen molar-refractivity contribution in [1.82, 2.24) is 0 Å². The number of ketones is 1. The second-order valence-electron chi connectivity index (χ2n) is 3.96. The molecule has 0 amide bonds. The third-order valence-corrected chi connectivity index (χ3v) is 2.61. The van der Waals surface area contributed by atoms with Crippen LogP contribution in [-0.4, -0.2) is 16.9 Å². The van der Waals surface area contributed by atoms with E-state index in [9.17, 15) is 4.79 Å². The number of nitrogens with two attached hydrogens (primary N) is 1. The van der Waals surface area contributed by atoms with E-state index in [0.29, 0.717) is 6.42 Å². The number of carbonyl (C=O) groups excluding carboxylic acids is 1. The van der Waals surface area contributed by atoms with Crippen LogP contribution in [0.3, 0.4) is 0 Å². The van der Waals surface area contributed by atoms with Crippen LogP contribution in [0, 0.1) is 5.92 Å². The molecule has 1 aromatic rings. The molecule has 0 spiro atoms. The third kappa shape index (κ3) is 3.36. The third-order valence-electron chi connectivity index (χ3n) is 2.61.